The molecule has 0 saturated heterocycles. The van der Waals surface area contributed by atoms with E-state index in [1.54, 1.807) is 23.5 Å². The zero-order valence-corrected chi connectivity index (χ0v) is 11.8. The molecule has 0 aliphatic rings. The lowest BCUT2D eigenvalue weighted by Gasteiger charge is -1.99. The van der Waals surface area contributed by atoms with E-state index in [0.29, 0.717) is 12.0 Å². The number of halogens is 1. The van der Waals surface area contributed by atoms with Crippen molar-refractivity contribution in [3.63, 3.8) is 0 Å². The highest BCUT2D eigenvalue weighted by atomic mass is 32.1. The van der Waals surface area contributed by atoms with Gasteiger partial charge in [0.2, 0.25) is 0 Å². The first-order valence-corrected chi connectivity index (χ1v) is 7.36. The molecule has 1 aromatic heterocycles. The standard InChI is InChI=1S/C14H18FN3S/c1-2-16-9-5-8-13-17-18-14(19-13)10-11-6-3-4-7-12(11)15/h3-4,6-7,16H,2,5,8-10H2,1H3. The Kier molecular flexibility index (Phi) is 5.42. The molecule has 0 unspecified atom stereocenters. The number of rotatable bonds is 7. The van der Waals surface area contributed by atoms with E-state index in [1.807, 2.05) is 6.07 Å². The zero-order valence-electron chi connectivity index (χ0n) is 11.0. The van der Waals surface area contributed by atoms with Gasteiger partial charge in [0.15, 0.2) is 0 Å². The van der Waals surface area contributed by atoms with Crippen molar-refractivity contribution in [2.45, 2.75) is 26.2 Å². The van der Waals surface area contributed by atoms with Gasteiger partial charge in [-0.25, -0.2) is 4.39 Å². The van der Waals surface area contributed by atoms with Crippen molar-refractivity contribution in [1.29, 1.82) is 0 Å². The van der Waals surface area contributed by atoms with Gasteiger partial charge in [-0.15, -0.1) is 21.5 Å². The number of aryl methyl sites for hydroxylation is 1. The van der Waals surface area contributed by atoms with Crippen molar-refractivity contribution < 1.29 is 4.39 Å². The molecule has 0 aliphatic heterocycles. The fourth-order valence-corrected chi connectivity index (χ4v) is 2.72. The van der Waals surface area contributed by atoms with Gasteiger partial charge < -0.3 is 5.32 Å². The van der Waals surface area contributed by atoms with Crippen molar-refractivity contribution in [1.82, 2.24) is 15.5 Å². The molecule has 1 aromatic carbocycles. The summed E-state index contributed by atoms with van der Waals surface area (Å²) in [5.74, 6) is -0.175. The van der Waals surface area contributed by atoms with E-state index in [-0.39, 0.29) is 5.82 Å². The van der Waals surface area contributed by atoms with Gasteiger partial charge >= 0.3 is 0 Å². The molecule has 0 fully saturated rings. The lowest BCUT2D eigenvalue weighted by atomic mass is 10.1. The number of hydrogen-bond acceptors (Lipinski definition) is 4. The van der Waals surface area contributed by atoms with Crippen LogP contribution in [0.5, 0.6) is 0 Å². The Hall–Kier alpha value is -1.33. The van der Waals surface area contributed by atoms with Crippen molar-refractivity contribution in [3.8, 4) is 0 Å². The Balaban J connectivity index is 1.89. The minimum Gasteiger partial charge on any atom is -0.317 e. The van der Waals surface area contributed by atoms with Gasteiger partial charge in [-0.2, -0.15) is 0 Å². The van der Waals surface area contributed by atoms with Crippen molar-refractivity contribution in [2.75, 3.05) is 13.1 Å². The van der Waals surface area contributed by atoms with Gasteiger partial charge in [0.1, 0.15) is 15.8 Å². The summed E-state index contributed by atoms with van der Waals surface area (Å²) in [6.07, 6.45) is 2.52. The maximum Gasteiger partial charge on any atom is 0.126 e. The fourth-order valence-electron chi connectivity index (χ4n) is 1.81. The van der Waals surface area contributed by atoms with E-state index < -0.39 is 0 Å². The molecule has 0 atom stereocenters. The molecule has 2 rings (SSSR count). The number of nitrogens with one attached hydrogen (secondary N) is 1. The predicted octanol–water partition coefficient (Wildman–Crippen LogP) is 2.81. The third-order valence-electron chi connectivity index (χ3n) is 2.80. The summed E-state index contributed by atoms with van der Waals surface area (Å²) in [5, 5.41) is 13.5. The van der Waals surface area contributed by atoms with E-state index >= 15 is 0 Å². The van der Waals surface area contributed by atoms with Crippen LogP contribution in [0.3, 0.4) is 0 Å². The average molecular weight is 279 g/mol. The van der Waals surface area contributed by atoms with Crippen molar-refractivity contribution >= 4 is 11.3 Å². The first-order valence-electron chi connectivity index (χ1n) is 6.55. The molecule has 3 nitrogen and oxygen atoms in total. The molecule has 1 heterocycles. The van der Waals surface area contributed by atoms with Gasteiger partial charge in [-0.05, 0) is 31.1 Å². The number of benzene rings is 1. The second-order valence-electron chi connectivity index (χ2n) is 4.31. The number of aromatic nitrogens is 2. The van der Waals surface area contributed by atoms with E-state index in [1.165, 1.54) is 6.07 Å². The minimum atomic E-state index is -0.175. The molecular weight excluding hydrogens is 261 g/mol. The average Bonchev–Trinajstić information content (AvgIpc) is 2.85. The third kappa shape index (κ3) is 4.36. The molecule has 0 saturated carbocycles. The molecule has 0 radical (unpaired) electrons. The highest BCUT2D eigenvalue weighted by molar-refractivity contribution is 7.11. The highest BCUT2D eigenvalue weighted by Crippen LogP contribution is 2.17. The van der Waals surface area contributed by atoms with E-state index in [4.69, 9.17) is 0 Å². The van der Waals surface area contributed by atoms with E-state index in [2.05, 4.69) is 22.4 Å². The van der Waals surface area contributed by atoms with Gasteiger partial charge in [0.25, 0.3) is 0 Å². The van der Waals surface area contributed by atoms with Crippen molar-refractivity contribution in [3.05, 3.63) is 45.7 Å². The molecule has 19 heavy (non-hydrogen) atoms. The molecule has 0 aliphatic carbocycles. The maximum absolute atomic E-state index is 13.5. The van der Waals surface area contributed by atoms with Crippen LogP contribution in [0.2, 0.25) is 0 Å². The molecule has 0 spiro atoms. The van der Waals surface area contributed by atoms with Gasteiger partial charge in [-0.3, -0.25) is 0 Å². The summed E-state index contributed by atoms with van der Waals surface area (Å²) in [5.41, 5.74) is 0.679. The van der Waals surface area contributed by atoms with Crippen LogP contribution in [-0.2, 0) is 12.8 Å². The van der Waals surface area contributed by atoms with Gasteiger partial charge in [0, 0.05) is 12.8 Å². The molecule has 0 amide bonds. The molecule has 0 bridgehead atoms. The molecule has 102 valence electrons. The minimum absolute atomic E-state index is 0.175. The second-order valence-corrected chi connectivity index (χ2v) is 5.46. The van der Waals surface area contributed by atoms with Crippen LogP contribution in [0, 0.1) is 5.82 Å². The Labute approximate surface area is 116 Å². The Morgan fingerprint density at radius 3 is 2.79 bits per heavy atom. The molecule has 5 heteroatoms. The van der Waals surface area contributed by atoms with Crippen LogP contribution in [0.25, 0.3) is 0 Å². The smallest absolute Gasteiger partial charge is 0.126 e. The van der Waals surface area contributed by atoms with Gasteiger partial charge in [0.05, 0.1) is 0 Å². The van der Waals surface area contributed by atoms with Crippen LogP contribution in [-0.4, -0.2) is 23.3 Å². The number of hydrogen-bond donors (Lipinski definition) is 1. The lowest BCUT2D eigenvalue weighted by molar-refractivity contribution is 0.613. The van der Waals surface area contributed by atoms with Gasteiger partial charge in [-0.1, -0.05) is 25.1 Å². The summed E-state index contributed by atoms with van der Waals surface area (Å²) < 4.78 is 13.5. The Bertz CT molecular complexity index is 513. The topological polar surface area (TPSA) is 37.8 Å². The molecule has 1 N–H and O–H groups in total. The number of nitrogens with zero attached hydrogens (tertiary/aromatic N) is 2. The lowest BCUT2D eigenvalue weighted by Crippen LogP contribution is -2.14. The summed E-state index contributed by atoms with van der Waals surface area (Å²) in [6, 6.07) is 6.82. The Morgan fingerprint density at radius 2 is 2.00 bits per heavy atom. The van der Waals surface area contributed by atoms with Crippen LogP contribution < -0.4 is 5.32 Å². The molecular formula is C14H18FN3S. The second kappa shape index (κ2) is 7.31. The summed E-state index contributed by atoms with van der Waals surface area (Å²) in [4.78, 5) is 0. The maximum atomic E-state index is 13.5. The summed E-state index contributed by atoms with van der Waals surface area (Å²) >= 11 is 1.58. The molecule has 2 aromatic rings. The van der Waals surface area contributed by atoms with E-state index in [9.17, 15) is 4.39 Å². The summed E-state index contributed by atoms with van der Waals surface area (Å²) in [7, 11) is 0. The first kappa shape index (κ1) is 14.1. The van der Waals surface area contributed by atoms with Crippen LogP contribution in [0.1, 0.15) is 28.9 Å². The third-order valence-corrected chi connectivity index (χ3v) is 3.79. The van der Waals surface area contributed by atoms with Crippen LogP contribution in [0.15, 0.2) is 24.3 Å². The highest BCUT2D eigenvalue weighted by Gasteiger charge is 2.07. The largest absolute Gasteiger partial charge is 0.317 e. The fraction of sp³-hybridized carbons (Fsp3) is 0.429. The first-order chi connectivity index (χ1) is 9.29. The predicted molar refractivity (Wildman–Crippen MR) is 76.0 cm³/mol. The van der Waals surface area contributed by atoms with Crippen molar-refractivity contribution in [2.24, 2.45) is 0 Å². The van der Waals surface area contributed by atoms with E-state index in [0.717, 1.165) is 35.9 Å². The van der Waals surface area contributed by atoms with Crippen LogP contribution >= 0.6 is 11.3 Å². The monoisotopic (exact) mass is 279 g/mol. The quantitative estimate of drug-likeness (QED) is 0.792. The SMILES string of the molecule is CCNCCCc1nnc(Cc2ccccc2F)s1. The van der Waals surface area contributed by atoms with Crippen LogP contribution in [0.4, 0.5) is 4.39 Å². The Morgan fingerprint density at radius 1 is 1.21 bits per heavy atom. The normalized spacial score (nSPS) is 10.8. The zero-order chi connectivity index (χ0) is 13.5. The summed E-state index contributed by atoms with van der Waals surface area (Å²) in [6.45, 7) is 4.09.